The van der Waals surface area contributed by atoms with Gasteiger partial charge in [-0.05, 0) is 42.5 Å². The van der Waals surface area contributed by atoms with E-state index < -0.39 is 0 Å². The van der Waals surface area contributed by atoms with Gasteiger partial charge >= 0.3 is 0 Å². The molecule has 2 aromatic rings. The van der Waals surface area contributed by atoms with Gasteiger partial charge in [-0.1, -0.05) is 78.3 Å². The molecule has 0 aliphatic heterocycles. The topological polar surface area (TPSA) is 12.0 Å². The second-order valence-electron chi connectivity index (χ2n) is 5.39. The molecule has 0 spiro atoms. The molecular weight excluding hydrogens is 322 g/mol. The van der Waals surface area contributed by atoms with Crippen LogP contribution >= 0.6 is 15.9 Å². The Hall–Kier alpha value is -1.12. The van der Waals surface area contributed by atoms with Crippen molar-refractivity contribution in [1.82, 2.24) is 5.32 Å². The van der Waals surface area contributed by atoms with Gasteiger partial charge in [0.25, 0.3) is 0 Å². The maximum Gasteiger partial charge on any atom is 0.0207 e. The van der Waals surface area contributed by atoms with Crippen molar-refractivity contribution >= 4 is 15.9 Å². The van der Waals surface area contributed by atoms with Crippen LogP contribution in [0, 0.1) is 0 Å². The predicted molar refractivity (Wildman–Crippen MR) is 94.8 cm³/mol. The van der Waals surface area contributed by atoms with Crippen molar-refractivity contribution < 1.29 is 0 Å². The zero-order chi connectivity index (χ0) is 15.1. The second-order valence-corrected chi connectivity index (χ2v) is 6.24. The first-order chi connectivity index (χ1) is 10.3. The van der Waals surface area contributed by atoms with Gasteiger partial charge < -0.3 is 5.32 Å². The normalized spacial score (nSPS) is 13.9. The van der Waals surface area contributed by atoms with E-state index in [-0.39, 0.29) is 0 Å². The summed E-state index contributed by atoms with van der Waals surface area (Å²) in [6.07, 6.45) is 2.19. The van der Waals surface area contributed by atoms with Crippen LogP contribution in [0.15, 0.2) is 59.1 Å². The second kappa shape index (κ2) is 8.35. The van der Waals surface area contributed by atoms with Gasteiger partial charge in [-0.15, -0.1) is 0 Å². The van der Waals surface area contributed by atoms with Crippen LogP contribution in [0.4, 0.5) is 0 Å². The van der Waals surface area contributed by atoms with E-state index in [0.29, 0.717) is 12.0 Å². The van der Waals surface area contributed by atoms with Crippen molar-refractivity contribution in [2.24, 2.45) is 0 Å². The molecule has 0 saturated carbocycles. The first-order valence-electron chi connectivity index (χ1n) is 7.78. The van der Waals surface area contributed by atoms with E-state index in [2.05, 4.69) is 89.7 Å². The molecule has 1 N–H and O–H groups in total. The summed E-state index contributed by atoms with van der Waals surface area (Å²) in [6.45, 7) is 5.46. The van der Waals surface area contributed by atoms with Crippen LogP contribution in [-0.2, 0) is 6.42 Å². The Morgan fingerprint density at radius 2 is 1.62 bits per heavy atom. The third-order valence-corrected chi connectivity index (χ3v) is 4.79. The first-order valence-corrected chi connectivity index (χ1v) is 8.57. The van der Waals surface area contributed by atoms with Crippen molar-refractivity contribution in [3.05, 3.63) is 70.2 Å². The third kappa shape index (κ3) is 4.42. The molecule has 0 amide bonds. The Morgan fingerprint density at radius 3 is 2.24 bits per heavy atom. The van der Waals surface area contributed by atoms with Crippen molar-refractivity contribution in [3.8, 4) is 0 Å². The number of benzene rings is 2. The Kier molecular flexibility index (Phi) is 6.47. The monoisotopic (exact) mass is 345 g/mol. The summed E-state index contributed by atoms with van der Waals surface area (Å²) >= 11 is 3.68. The average molecular weight is 346 g/mol. The summed E-state index contributed by atoms with van der Waals surface area (Å²) in [4.78, 5) is 0. The minimum absolute atomic E-state index is 0.459. The Bertz CT molecular complexity index is 538. The van der Waals surface area contributed by atoms with Gasteiger partial charge in [0.1, 0.15) is 0 Å². The quantitative estimate of drug-likeness (QED) is 0.730. The number of rotatable bonds is 7. The molecule has 0 aliphatic carbocycles. The summed E-state index contributed by atoms with van der Waals surface area (Å²) < 4.78 is 1.20. The maximum atomic E-state index is 3.69. The van der Waals surface area contributed by atoms with E-state index in [1.807, 2.05) is 0 Å². The molecule has 2 rings (SSSR count). The Labute approximate surface area is 136 Å². The van der Waals surface area contributed by atoms with E-state index in [4.69, 9.17) is 0 Å². The summed E-state index contributed by atoms with van der Waals surface area (Å²) in [5.74, 6) is 0.540. The molecule has 0 aromatic heterocycles. The molecule has 112 valence electrons. The van der Waals surface area contributed by atoms with Crippen molar-refractivity contribution in [1.29, 1.82) is 0 Å². The SMILES string of the molecule is CCNC(Cc1ccccc1Br)C(CC)c1ccccc1. The maximum absolute atomic E-state index is 3.69. The molecule has 2 aromatic carbocycles. The van der Waals surface area contributed by atoms with Crippen LogP contribution in [0.25, 0.3) is 0 Å². The van der Waals surface area contributed by atoms with Gasteiger partial charge in [0, 0.05) is 10.5 Å². The molecule has 0 heterocycles. The molecule has 1 nitrogen and oxygen atoms in total. The third-order valence-electron chi connectivity index (χ3n) is 4.02. The van der Waals surface area contributed by atoms with Crippen molar-refractivity contribution in [2.45, 2.75) is 38.6 Å². The van der Waals surface area contributed by atoms with E-state index in [1.165, 1.54) is 15.6 Å². The molecule has 21 heavy (non-hydrogen) atoms. The zero-order valence-corrected chi connectivity index (χ0v) is 14.4. The van der Waals surface area contributed by atoms with Gasteiger partial charge in [-0.2, -0.15) is 0 Å². The molecule has 0 bridgehead atoms. The van der Waals surface area contributed by atoms with Crippen LogP contribution < -0.4 is 5.32 Å². The van der Waals surface area contributed by atoms with Gasteiger partial charge in [-0.3, -0.25) is 0 Å². The van der Waals surface area contributed by atoms with E-state index in [1.54, 1.807) is 0 Å². The lowest BCUT2D eigenvalue weighted by Crippen LogP contribution is -2.36. The summed E-state index contributed by atoms with van der Waals surface area (Å²) in [5, 5.41) is 3.69. The summed E-state index contributed by atoms with van der Waals surface area (Å²) in [5.41, 5.74) is 2.80. The van der Waals surface area contributed by atoms with E-state index in [9.17, 15) is 0 Å². The lowest BCUT2D eigenvalue weighted by atomic mass is 9.85. The average Bonchev–Trinajstić information content (AvgIpc) is 2.51. The highest BCUT2D eigenvalue weighted by Gasteiger charge is 2.21. The lowest BCUT2D eigenvalue weighted by molar-refractivity contribution is 0.427. The Morgan fingerprint density at radius 1 is 0.952 bits per heavy atom. The van der Waals surface area contributed by atoms with Gasteiger partial charge in [-0.25, -0.2) is 0 Å². The molecule has 2 unspecified atom stereocenters. The number of hydrogen-bond donors (Lipinski definition) is 1. The summed E-state index contributed by atoms with van der Waals surface area (Å²) in [7, 11) is 0. The fourth-order valence-electron chi connectivity index (χ4n) is 2.97. The highest BCUT2D eigenvalue weighted by Crippen LogP contribution is 2.27. The molecule has 0 aliphatic rings. The largest absolute Gasteiger partial charge is 0.313 e. The highest BCUT2D eigenvalue weighted by molar-refractivity contribution is 9.10. The van der Waals surface area contributed by atoms with Gasteiger partial charge in [0.2, 0.25) is 0 Å². The van der Waals surface area contributed by atoms with Gasteiger partial charge in [0.15, 0.2) is 0 Å². The van der Waals surface area contributed by atoms with Crippen LogP contribution in [0.3, 0.4) is 0 Å². The number of hydrogen-bond acceptors (Lipinski definition) is 1. The molecular formula is C19H24BrN. The van der Waals surface area contributed by atoms with E-state index >= 15 is 0 Å². The van der Waals surface area contributed by atoms with E-state index in [0.717, 1.165) is 19.4 Å². The highest BCUT2D eigenvalue weighted by atomic mass is 79.9. The van der Waals surface area contributed by atoms with Crippen LogP contribution in [0.5, 0.6) is 0 Å². The molecule has 2 heteroatoms. The molecule has 0 saturated heterocycles. The zero-order valence-electron chi connectivity index (χ0n) is 12.9. The first kappa shape index (κ1) is 16.3. The summed E-state index contributed by atoms with van der Waals surface area (Å²) in [6, 6.07) is 19.9. The number of nitrogens with one attached hydrogen (secondary N) is 1. The Balaban J connectivity index is 2.23. The predicted octanol–water partition coefficient (Wildman–Crippen LogP) is 5.16. The molecule has 0 fully saturated rings. The lowest BCUT2D eigenvalue weighted by Gasteiger charge is -2.28. The van der Waals surface area contributed by atoms with Crippen molar-refractivity contribution in [2.75, 3.05) is 6.54 Å². The molecule has 0 radical (unpaired) electrons. The fraction of sp³-hybridized carbons (Fsp3) is 0.368. The van der Waals surface area contributed by atoms with Gasteiger partial charge in [0.05, 0.1) is 0 Å². The van der Waals surface area contributed by atoms with Crippen LogP contribution in [-0.4, -0.2) is 12.6 Å². The van der Waals surface area contributed by atoms with Crippen molar-refractivity contribution in [3.63, 3.8) is 0 Å². The molecule has 2 atom stereocenters. The van der Waals surface area contributed by atoms with Crippen LogP contribution in [0.1, 0.15) is 37.3 Å². The minimum atomic E-state index is 0.459. The number of likely N-dealkylation sites (N-methyl/N-ethyl adjacent to an activating group) is 1. The smallest absolute Gasteiger partial charge is 0.0207 e. The van der Waals surface area contributed by atoms with Crippen LogP contribution in [0.2, 0.25) is 0 Å². The minimum Gasteiger partial charge on any atom is -0.313 e. The number of halogens is 1. The standard InChI is InChI=1S/C19H24BrN/c1-3-17(15-10-6-5-7-11-15)19(21-4-2)14-16-12-8-9-13-18(16)20/h5-13,17,19,21H,3-4,14H2,1-2H3. The fourth-order valence-corrected chi connectivity index (χ4v) is 3.42.